The Hall–Kier alpha value is -3.28. The minimum Gasteiger partial charge on any atom is -0.352 e. The van der Waals surface area contributed by atoms with Crippen LogP contribution in [0.3, 0.4) is 0 Å². The summed E-state index contributed by atoms with van der Waals surface area (Å²) in [5.41, 5.74) is 3.60. The monoisotopic (exact) mass is 376 g/mol. The van der Waals surface area contributed by atoms with Crippen molar-refractivity contribution in [2.24, 2.45) is 0 Å². The van der Waals surface area contributed by atoms with E-state index in [1.54, 1.807) is 4.90 Å². The van der Waals surface area contributed by atoms with E-state index in [0.717, 1.165) is 17.1 Å². The van der Waals surface area contributed by atoms with Gasteiger partial charge in [-0.05, 0) is 43.3 Å². The first-order chi connectivity index (χ1) is 13.6. The molecule has 0 bridgehead atoms. The lowest BCUT2D eigenvalue weighted by Gasteiger charge is -2.35. The fourth-order valence-corrected chi connectivity index (χ4v) is 3.29. The van der Waals surface area contributed by atoms with Crippen LogP contribution in [0.15, 0.2) is 60.7 Å². The second kappa shape index (κ2) is 7.76. The topological polar surface area (TPSA) is 49.3 Å². The number of benzene rings is 2. The number of carbonyl (C=O) groups excluding carboxylic acids is 1. The highest BCUT2D eigenvalue weighted by atomic mass is 19.1. The van der Waals surface area contributed by atoms with Gasteiger partial charge in [-0.15, -0.1) is 10.2 Å². The third-order valence-electron chi connectivity index (χ3n) is 4.98. The zero-order valence-electron chi connectivity index (χ0n) is 15.7. The van der Waals surface area contributed by atoms with Crippen LogP contribution in [0.4, 0.5) is 10.2 Å². The van der Waals surface area contributed by atoms with E-state index in [9.17, 15) is 9.18 Å². The first kappa shape index (κ1) is 18.1. The van der Waals surface area contributed by atoms with Crippen molar-refractivity contribution in [1.29, 1.82) is 0 Å². The Morgan fingerprint density at radius 2 is 1.54 bits per heavy atom. The summed E-state index contributed by atoms with van der Waals surface area (Å²) in [4.78, 5) is 16.5. The average molecular weight is 376 g/mol. The summed E-state index contributed by atoms with van der Waals surface area (Å²) in [5.74, 6) is 0.402. The Bertz CT molecular complexity index is 947. The highest BCUT2D eigenvalue weighted by Crippen LogP contribution is 2.20. The average Bonchev–Trinajstić information content (AvgIpc) is 2.75. The Kier molecular flexibility index (Phi) is 5.02. The number of amides is 1. The molecule has 0 spiro atoms. The maximum atomic E-state index is 13.0. The van der Waals surface area contributed by atoms with Crippen LogP contribution >= 0.6 is 0 Å². The van der Waals surface area contributed by atoms with E-state index in [1.165, 1.54) is 29.8 Å². The third-order valence-corrected chi connectivity index (χ3v) is 4.98. The van der Waals surface area contributed by atoms with Gasteiger partial charge in [-0.25, -0.2) is 4.39 Å². The van der Waals surface area contributed by atoms with Gasteiger partial charge >= 0.3 is 0 Å². The van der Waals surface area contributed by atoms with Crippen molar-refractivity contribution in [3.8, 4) is 11.3 Å². The minimum absolute atomic E-state index is 0.0690. The summed E-state index contributed by atoms with van der Waals surface area (Å²) in [7, 11) is 0. The standard InChI is InChI=1S/C22H21FN4O/c1-16-2-4-17(5-3-16)20-10-11-21(25-24-20)26-12-14-27(15-13-26)22(28)18-6-8-19(23)9-7-18/h2-11H,12-15H2,1H3. The molecule has 3 aromatic rings. The van der Waals surface area contributed by atoms with E-state index < -0.39 is 0 Å². The molecule has 1 saturated heterocycles. The third kappa shape index (κ3) is 3.86. The number of hydrogen-bond donors (Lipinski definition) is 0. The molecule has 0 N–H and O–H groups in total. The van der Waals surface area contributed by atoms with Gasteiger partial charge in [-0.2, -0.15) is 0 Å². The molecular formula is C22H21FN4O. The van der Waals surface area contributed by atoms with Gasteiger partial charge in [0, 0.05) is 37.3 Å². The van der Waals surface area contributed by atoms with Gasteiger partial charge in [0.2, 0.25) is 0 Å². The lowest BCUT2D eigenvalue weighted by atomic mass is 10.1. The normalized spacial score (nSPS) is 14.2. The Morgan fingerprint density at radius 3 is 2.14 bits per heavy atom. The van der Waals surface area contributed by atoms with Crippen LogP contribution < -0.4 is 4.90 Å². The van der Waals surface area contributed by atoms with Crippen molar-refractivity contribution in [3.05, 3.63) is 77.6 Å². The Morgan fingerprint density at radius 1 is 0.857 bits per heavy atom. The van der Waals surface area contributed by atoms with Crippen LogP contribution in [0.2, 0.25) is 0 Å². The summed E-state index contributed by atoms with van der Waals surface area (Å²) in [6, 6.07) is 17.8. The van der Waals surface area contributed by atoms with E-state index in [4.69, 9.17) is 0 Å². The number of hydrogen-bond acceptors (Lipinski definition) is 4. The van der Waals surface area contributed by atoms with Crippen molar-refractivity contribution in [1.82, 2.24) is 15.1 Å². The van der Waals surface area contributed by atoms with E-state index in [1.807, 2.05) is 24.3 Å². The van der Waals surface area contributed by atoms with Crippen LogP contribution in [0.5, 0.6) is 0 Å². The molecule has 28 heavy (non-hydrogen) atoms. The van der Waals surface area contributed by atoms with E-state index in [2.05, 4.69) is 34.2 Å². The fraction of sp³-hybridized carbons (Fsp3) is 0.227. The Balaban J connectivity index is 1.39. The quantitative estimate of drug-likeness (QED) is 0.701. The van der Waals surface area contributed by atoms with Crippen LogP contribution in [-0.2, 0) is 0 Å². The number of nitrogens with zero attached hydrogens (tertiary/aromatic N) is 4. The summed E-state index contributed by atoms with van der Waals surface area (Å²) in [5, 5.41) is 8.73. The van der Waals surface area contributed by atoms with Crippen molar-refractivity contribution in [2.45, 2.75) is 6.92 Å². The van der Waals surface area contributed by atoms with Crippen LogP contribution in [0.1, 0.15) is 15.9 Å². The highest BCUT2D eigenvalue weighted by Gasteiger charge is 2.23. The molecule has 4 rings (SSSR count). The van der Waals surface area contributed by atoms with Crippen LogP contribution in [0.25, 0.3) is 11.3 Å². The molecule has 0 aliphatic carbocycles. The number of halogens is 1. The maximum absolute atomic E-state index is 13.0. The van der Waals surface area contributed by atoms with Crippen molar-refractivity contribution < 1.29 is 9.18 Å². The molecule has 5 nitrogen and oxygen atoms in total. The largest absolute Gasteiger partial charge is 0.352 e. The van der Waals surface area contributed by atoms with Crippen molar-refractivity contribution in [2.75, 3.05) is 31.1 Å². The van der Waals surface area contributed by atoms with Gasteiger partial charge < -0.3 is 9.80 Å². The molecule has 2 heterocycles. The predicted molar refractivity (Wildman–Crippen MR) is 107 cm³/mol. The smallest absolute Gasteiger partial charge is 0.253 e. The molecule has 0 unspecified atom stereocenters. The molecule has 1 amide bonds. The molecule has 1 aliphatic rings. The fourth-order valence-electron chi connectivity index (χ4n) is 3.29. The molecule has 2 aromatic carbocycles. The van der Waals surface area contributed by atoms with Crippen molar-refractivity contribution >= 4 is 11.7 Å². The SMILES string of the molecule is Cc1ccc(-c2ccc(N3CCN(C(=O)c4ccc(F)cc4)CC3)nn2)cc1. The first-order valence-electron chi connectivity index (χ1n) is 9.31. The first-order valence-corrected chi connectivity index (χ1v) is 9.31. The molecule has 0 radical (unpaired) electrons. The number of anilines is 1. The lowest BCUT2D eigenvalue weighted by molar-refractivity contribution is 0.0746. The van der Waals surface area contributed by atoms with Gasteiger partial charge in [0.25, 0.3) is 5.91 Å². The summed E-state index contributed by atoms with van der Waals surface area (Å²) >= 11 is 0. The predicted octanol–water partition coefficient (Wildman–Crippen LogP) is 3.55. The number of piperazine rings is 1. The number of aromatic nitrogens is 2. The Labute approximate surface area is 163 Å². The maximum Gasteiger partial charge on any atom is 0.253 e. The van der Waals surface area contributed by atoms with Gasteiger partial charge in [-0.1, -0.05) is 29.8 Å². The molecule has 1 fully saturated rings. The molecule has 0 saturated carbocycles. The molecule has 142 valence electrons. The van der Waals surface area contributed by atoms with E-state index in [0.29, 0.717) is 31.7 Å². The van der Waals surface area contributed by atoms with Crippen LogP contribution in [0, 0.1) is 12.7 Å². The molecule has 0 atom stereocenters. The summed E-state index contributed by atoms with van der Waals surface area (Å²) in [6.45, 7) is 4.62. The van der Waals surface area contributed by atoms with E-state index >= 15 is 0 Å². The number of rotatable bonds is 3. The van der Waals surface area contributed by atoms with Gasteiger partial charge in [0.1, 0.15) is 5.82 Å². The van der Waals surface area contributed by atoms with Gasteiger partial charge in [0.15, 0.2) is 5.82 Å². The highest BCUT2D eigenvalue weighted by molar-refractivity contribution is 5.94. The number of aryl methyl sites for hydroxylation is 1. The molecule has 6 heteroatoms. The van der Waals surface area contributed by atoms with E-state index in [-0.39, 0.29) is 11.7 Å². The second-order valence-corrected chi connectivity index (χ2v) is 6.93. The van der Waals surface area contributed by atoms with Gasteiger partial charge in [-0.3, -0.25) is 4.79 Å². The number of carbonyl (C=O) groups is 1. The lowest BCUT2D eigenvalue weighted by Crippen LogP contribution is -2.49. The van der Waals surface area contributed by atoms with Gasteiger partial charge in [0.05, 0.1) is 5.69 Å². The van der Waals surface area contributed by atoms with Crippen LogP contribution in [-0.4, -0.2) is 47.2 Å². The molecule has 1 aliphatic heterocycles. The summed E-state index contributed by atoms with van der Waals surface area (Å²) in [6.07, 6.45) is 0. The van der Waals surface area contributed by atoms with Crippen molar-refractivity contribution in [3.63, 3.8) is 0 Å². The zero-order valence-corrected chi connectivity index (χ0v) is 15.7. The summed E-state index contributed by atoms with van der Waals surface area (Å²) < 4.78 is 13.0. The minimum atomic E-state index is -0.339. The second-order valence-electron chi connectivity index (χ2n) is 6.93. The molecule has 1 aromatic heterocycles. The zero-order chi connectivity index (χ0) is 19.5. The molecular weight excluding hydrogens is 355 g/mol.